The molecule has 0 saturated heterocycles. The minimum Gasteiger partial charge on any atom is -0.496 e. The molecule has 1 heterocycles. The quantitative estimate of drug-likeness (QED) is 0.380. The van der Waals surface area contributed by atoms with Crippen molar-refractivity contribution in [3.05, 3.63) is 86.7 Å². The van der Waals surface area contributed by atoms with E-state index in [2.05, 4.69) is 5.10 Å². The van der Waals surface area contributed by atoms with Crippen LogP contribution in [0.2, 0.25) is 10.0 Å². The van der Waals surface area contributed by atoms with Crippen molar-refractivity contribution in [2.24, 2.45) is 0 Å². The number of allylic oxidation sites excluding steroid dienone is 1. The van der Waals surface area contributed by atoms with E-state index in [0.717, 1.165) is 28.3 Å². The van der Waals surface area contributed by atoms with Crippen LogP contribution >= 0.6 is 23.2 Å². The number of nitrogens with zero attached hydrogens (tertiary/aromatic N) is 2. The van der Waals surface area contributed by atoms with Gasteiger partial charge in [-0.05, 0) is 61.9 Å². The third-order valence-corrected chi connectivity index (χ3v) is 5.10. The molecule has 3 rings (SSSR count). The van der Waals surface area contributed by atoms with Gasteiger partial charge in [0.05, 0.1) is 29.4 Å². The fourth-order valence-electron chi connectivity index (χ4n) is 2.94. The van der Waals surface area contributed by atoms with Crippen LogP contribution in [0.4, 0.5) is 0 Å². The molecule has 0 spiro atoms. The predicted molar refractivity (Wildman–Crippen MR) is 114 cm³/mol. The number of carbonyl (C=O) groups excluding carboxylic acids is 1. The largest absolute Gasteiger partial charge is 0.496 e. The highest BCUT2D eigenvalue weighted by Gasteiger charge is 2.09. The molecule has 0 unspecified atom stereocenters. The Morgan fingerprint density at radius 3 is 2.54 bits per heavy atom. The Hall–Kier alpha value is -2.56. The van der Waals surface area contributed by atoms with Gasteiger partial charge in [-0.15, -0.1) is 0 Å². The monoisotopic (exact) mass is 414 g/mol. The maximum absolute atomic E-state index is 12.4. The minimum atomic E-state index is -0.144. The highest BCUT2D eigenvalue weighted by molar-refractivity contribution is 6.42. The standard InChI is InChI=1S/C22H20Cl2N2O2/c1-14-10-15(2)26(25-14)13-18-11-16(5-9-22(18)28-3)4-8-21(27)17-6-7-19(23)20(24)12-17/h4-12H,13H2,1-3H3/b8-4+. The lowest BCUT2D eigenvalue weighted by Gasteiger charge is -2.11. The maximum atomic E-state index is 12.4. The molecule has 6 heteroatoms. The normalized spacial score (nSPS) is 11.2. The zero-order valence-corrected chi connectivity index (χ0v) is 17.4. The van der Waals surface area contributed by atoms with Crippen molar-refractivity contribution in [3.63, 3.8) is 0 Å². The fraction of sp³-hybridized carbons (Fsp3) is 0.182. The minimum absolute atomic E-state index is 0.144. The number of aryl methyl sites for hydroxylation is 2. The summed E-state index contributed by atoms with van der Waals surface area (Å²) in [6, 6.07) is 12.7. The second kappa shape index (κ2) is 8.63. The van der Waals surface area contributed by atoms with Crippen molar-refractivity contribution >= 4 is 35.1 Å². The molecule has 3 aromatic rings. The number of carbonyl (C=O) groups is 1. The Morgan fingerprint density at radius 1 is 1.11 bits per heavy atom. The molecule has 0 fully saturated rings. The van der Waals surface area contributed by atoms with Crippen LogP contribution in [-0.2, 0) is 6.54 Å². The van der Waals surface area contributed by atoms with Crippen LogP contribution in [0, 0.1) is 13.8 Å². The van der Waals surface area contributed by atoms with Crippen molar-refractivity contribution in [2.45, 2.75) is 20.4 Å². The molecule has 0 atom stereocenters. The lowest BCUT2D eigenvalue weighted by molar-refractivity contribution is 0.104. The lowest BCUT2D eigenvalue weighted by atomic mass is 10.1. The molecule has 0 bridgehead atoms. The lowest BCUT2D eigenvalue weighted by Crippen LogP contribution is -2.05. The zero-order chi connectivity index (χ0) is 20.3. The van der Waals surface area contributed by atoms with Crippen molar-refractivity contribution < 1.29 is 9.53 Å². The molecule has 0 aliphatic carbocycles. The van der Waals surface area contributed by atoms with E-state index in [0.29, 0.717) is 22.2 Å². The Bertz CT molecular complexity index is 1050. The fourth-order valence-corrected chi connectivity index (χ4v) is 3.24. The van der Waals surface area contributed by atoms with Gasteiger partial charge in [-0.2, -0.15) is 5.10 Å². The molecular formula is C22H20Cl2N2O2. The molecule has 144 valence electrons. The Labute approximate surface area is 174 Å². The van der Waals surface area contributed by atoms with Crippen LogP contribution in [0.1, 0.15) is 32.9 Å². The van der Waals surface area contributed by atoms with Crippen molar-refractivity contribution in [1.29, 1.82) is 0 Å². The molecule has 0 aliphatic heterocycles. The van der Waals surface area contributed by atoms with Crippen molar-refractivity contribution in [1.82, 2.24) is 9.78 Å². The third-order valence-electron chi connectivity index (χ3n) is 4.36. The first kappa shape index (κ1) is 20.2. The molecule has 4 nitrogen and oxygen atoms in total. The highest BCUT2D eigenvalue weighted by atomic mass is 35.5. The SMILES string of the molecule is COc1ccc(/C=C/C(=O)c2ccc(Cl)c(Cl)c2)cc1Cn1nc(C)cc1C. The van der Waals surface area contributed by atoms with Crippen molar-refractivity contribution in [3.8, 4) is 5.75 Å². The van der Waals surface area contributed by atoms with E-state index in [1.807, 2.05) is 42.8 Å². The molecule has 0 N–H and O–H groups in total. The second-order valence-corrected chi connectivity index (χ2v) is 7.30. The van der Waals surface area contributed by atoms with E-state index in [1.54, 1.807) is 31.4 Å². The first-order valence-corrected chi connectivity index (χ1v) is 9.48. The van der Waals surface area contributed by atoms with Gasteiger partial charge >= 0.3 is 0 Å². The van der Waals surface area contributed by atoms with Gasteiger partial charge in [0.15, 0.2) is 5.78 Å². The number of methoxy groups -OCH3 is 1. The van der Waals surface area contributed by atoms with E-state index in [4.69, 9.17) is 27.9 Å². The number of benzene rings is 2. The molecule has 2 aromatic carbocycles. The van der Waals surface area contributed by atoms with Crippen LogP contribution in [0.5, 0.6) is 5.75 Å². The summed E-state index contributed by atoms with van der Waals surface area (Å²) >= 11 is 11.9. The molecule has 0 aliphatic rings. The third kappa shape index (κ3) is 4.64. The number of ketones is 1. The van der Waals surface area contributed by atoms with Gasteiger partial charge in [-0.25, -0.2) is 0 Å². The summed E-state index contributed by atoms with van der Waals surface area (Å²) in [6.07, 6.45) is 3.30. The Morgan fingerprint density at radius 2 is 1.89 bits per heavy atom. The van der Waals surface area contributed by atoms with E-state index in [-0.39, 0.29) is 5.78 Å². The first-order valence-electron chi connectivity index (χ1n) is 8.73. The number of ether oxygens (including phenoxy) is 1. The average Bonchev–Trinajstić information content (AvgIpc) is 2.99. The second-order valence-electron chi connectivity index (χ2n) is 6.48. The zero-order valence-electron chi connectivity index (χ0n) is 15.9. The number of rotatable bonds is 6. The average molecular weight is 415 g/mol. The van der Waals surface area contributed by atoms with Crippen LogP contribution in [0.25, 0.3) is 6.08 Å². The Kier molecular flexibility index (Phi) is 6.22. The maximum Gasteiger partial charge on any atom is 0.185 e. The van der Waals surface area contributed by atoms with Crippen LogP contribution in [-0.4, -0.2) is 22.7 Å². The molecular weight excluding hydrogens is 395 g/mol. The van der Waals surface area contributed by atoms with Crippen LogP contribution in [0.3, 0.4) is 0 Å². The summed E-state index contributed by atoms with van der Waals surface area (Å²) in [5.41, 5.74) is 4.42. The van der Waals surface area contributed by atoms with E-state index < -0.39 is 0 Å². The predicted octanol–water partition coefficient (Wildman–Crippen LogP) is 5.76. The van der Waals surface area contributed by atoms with Crippen molar-refractivity contribution in [2.75, 3.05) is 7.11 Å². The number of hydrogen-bond donors (Lipinski definition) is 0. The van der Waals surface area contributed by atoms with Gasteiger partial charge in [0, 0.05) is 16.8 Å². The van der Waals surface area contributed by atoms with Gasteiger partial charge in [0.2, 0.25) is 0 Å². The number of hydrogen-bond acceptors (Lipinski definition) is 3. The van der Waals surface area contributed by atoms with Gasteiger partial charge < -0.3 is 4.74 Å². The molecule has 0 amide bonds. The summed E-state index contributed by atoms with van der Waals surface area (Å²) in [4.78, 5) is 12.4. The summed E-state index contributed by atoms with van der Waals surface area (Å²) in [7, 11) is 1.64. The molecule has 0 radical (unpaired) electrons. The van der Waals surface area contributed by atoms with Gasteiger partial charge in [-0.1, -0.05) is 35.3 Å². The summed E-state index contributed by atoms with van der Waals surface area (Å²) < 4.78 is 7.41. The van der Waals surface area contributed by atoms with E-state index >= 15 is 0 Å². The topological polar surface area (TPSA) is 44.1 Å². The number of aromatic nitrogens is 2. The summed E-state index contributed by atoms with van der Waals surface area (Å²) in [5.74, 6) is 0.634. The summed E-state index contributed by atoms with van der Waals surface area (Å²) in [5, 5.41) is 5.29. The first-order chi connectivity index (χ1) is 13.4. The van der Waals surface area contributed by atoms with Crippen LogP contribution in [0.15, 0.2) is 48.5 Å². The smallest absolute Gasteiger partial charge is 0.185 e. The van der Waals surface area contributed by atoms with E-state index in [1.165, 1.54) is 6.08 Å². The molecule has 1 aromatic heterocycles. The van der Waals surface area contributed by atoms with E-state index in [9.17, 15) is 4.79 Å². The summed E-state index contributed by atoms with van der Waals surface area (Å²) in [6.45, 7) is 4.58. The van der Waals surface area contributed by atoms with Crippen LogP contribution < -0.4 is 4.74 Å². The highest BCUT2D eigenvalue weighted by Crippen LogP contribution is 2.24. The molecule has 28 heavy (non-hydrogen) atoms. The van der Waals surface area contributed by atoms with Gasteiger partial charge in [0.1, 0.15) is 5.75 Å². The number of halogens is 2. The van der Waals surface area contributed by atoms with Gasteiger partial charge in [-0.3, -0.25) is 9.48 Å². The van der Waals surface area contributed by atoms with Gasteiger partial charge in [0.25, 0.3) is 0 Å². The Balaban J connectivity index is 1.84. The molecule has 0 saturated carbocycles.